The fraction of sp³-hybridized carbons (Fsp3) is 0.300. The molecule has 0 spiro atoms. The quantitative estimate of drug-likeness (QED) is 0.500. The molecule has 30 heavy (non-hydrogen) atoms. The van der Waals surface area contributed by atoms with Crippen molar-refractivity contribution in [1.29, 1.82) is 5.26 Å². The first kappa shape index (κ1) is 19.9. The second-order valence-corrected chi connectivity index (χ2v) is 7.60. The van der Waals surface area contributed by atoms with Gasteiger partial charge in [-0.2, -0.15) is 10.4 Å². The average molecular weight is 426 g/mol. The number of hydrogen-bond donors (Lipinski definition) is 3. The van der Waals surface area contributed by atoms with E-state index in [1.165, 1.54) is 12.4 Å². The molecule has 4 rings (SSSR count). The number of halogens is 1. The third-order valence-electron chi connectivity index (χ3n) is 5.04. The molecular formula is C20H20ClN7O2. The van der Waals surface area contributed by atoms with Crippen LogP contribution in [0.4, 0.5) is 11.6 Å². The van der Waals surface area contributed by atoms with Gasteiger partial charge in [0.2, 0.25) is 0 Å². The Hall–Kier alpha value is -3.35. The van der Waals surface area contributed by atoms with E-state index in [1.807, 2.05) is 6.07 Å². The van der Waals surface area contributed by atoms with Gasteiger partial charge in [0.05, 0.1) is 37.4 Å². The first-order valence-corrected chi connectivity index (χ1v) is 9.69. The van der Waals surface area contributed by atoms with Gasteiger partial charge in [-0.05, 0) is 25.0 Å². The molecule has 3 aromatic rings. The number of H-pyrrole nitrogens is 1. The maximum absolute atomic E-state index is 8.83. The summed E-state index contributed by atoms with van der Waals surface area (Å²) in [5.41, 5.74) is 7.55. The van der Waals surface area contributed by atoms with Crippen LogP contribution < -0.4 is 20.5 Å². The van der Waals surface area contributed by atoms with Gasteiger partial charge in [-0.1, -0.05) is 11.6 Å². The third kappa shape index (κ3) is 4.15. The van der Waals surface area contributed by atoms with Crippen molar-refractivity contribution in [1.82, 2.24) is 20.2 Å². The van der Waals surface area contributed by atoms with E-state index in [0.717, 1.165) is 12.8 Å². The standard InChI is InChI=1S/C20H20ClN7O2/c1-29-15-4-12(21)5-16(30-11-20(10-23)2-3-20)19(15)14-6-17(28-27-14)26-18-9-24-13(7-22)8-25-18/h4-6,8-9H,2-3,10-11,23H2,1H3,(H2,25,26,27,28). The SMILES string of the molecule is COc1cc(Cl)cc(OCC2(CN)CC2)c1-c1cc(Nc2cnc(C#N)cn2)n[nH]1. The summed E-state index contributed by atoms with van der Waals surface area (Å²) >= 11 is 6.26. The van der Waals surface area contributed by atoms with Gasteiger partial charge in [-0.25, -0.2) is 9.97 Å². The number of aromatic amines is 1. The Morgan fingerprint density at radius 3 is 2.67 bits per heavy atom. The van der Waals surface area contributed by atoms with Crippen molar-refractivity contribution in [3.05, 3.63) is 41.3 Å². The van der Waals surface area contributed by atoms with Crippen LogP contribution in [0.25, 0.3) is 11.3 Å². The third-order valence-corrected chi connectivity index (χ3v) is 5.26. The number of methoxy groups -OCH3 is 1. The number of anilines is 2. The van der Waals surface area contributed by atoms with E-state index >= 15 is 0 Å². The largest absolute Gasteiger partial charge is 0.496 e. The van der Waals surface area contributed by atoms with Gasteiger partial charge in [-0.3, -0.25) is 5.10 Å². The van der Waals surface area contributed by atoms with Crippen LogP contribution in [0.3, 0.4) is 0 Å². The average Bonchev–Trinajstić information content (AvgIpc) is 3.42. The lowest BCUT2D eigenvalue weighted by Crippen LogP contribution is -2.23. The van der Waals surface area contributed by atoms with Crippen LogP contribution in [-0.4, -0.2) is 40.4 Å². The van der Waals surface area contributed by atoms with Gasteiger partial charge in [0.1, 0.15) is 23.4 Å². The molecular weight excluding hydrogens is 406 g/mol. The summed E-state index contributed by atoms with van der Waals surface area (Å²) in [5.74, 6) is 2.13. The number of benzene rings is 1. The number of nitrogens with two attached hydrogens (primary N) is 1. The molecule has 1 aliphatic rings. The molecule has 1 saturated carbocycles. The summed E-state index contributed by atoms with van der Waals surface area (Å²) in [4.78, 5) is 8.12. The molecule has 0 unspecified atom stereocenters. The van der Waals surface area contributed by atoms with Crippen molar-refractivity contribution in [3.63, 3.8) is 0 Å². The van der Waals surface area contributed by atoms with E-state index in [2.05, 4.69) is 25.5 Å². The van der Waals surface area contributed by atoms with Gasteiger partial charge in [0.15, 0.2) is 11.5 Å². The van der Waals surface area contributed by atoms with Crippen molar-refractivity contribution in [2.45, 2.75) is 12.8 Å². The van der Waals surface area contributed by atoms with Gasteiger partial charge < -0.3 is 20.5 Å². The van der Waals surface area contributed by atoms with E-state index in [4.69, 9.17) is 32.1 Å². The van der Waals surface area contributed by atoms with Crippen LogP contribution in [-0.2, 0) is 0 Å². The molecule has 1 aliphatic carbocycles. The summed E-state index contributed by atoms with van der Waals surface area (Å²) < 4.78 is 11.7. The van der Waals surface area contributed by atoms with Crippen molar-refractivity contribution in [2.75, 3.05) is 25.6 Å². The van der Waals surface area contributed by atoms with Gasteiger partial charge in [0.25, 0.3) is 0 Å². The molecule has 10 heteroatoms. The smallest absolute Gasteiger partial charge is 0.158 e. The molecule has 2 aromatic heterocycles. The highest BCUT2D eigenvalue weighted by Gasteiger charge is 2.42. The van der Waals surface area contributed by atoms with Crippen LogP contribution in [0.15, 0.2) is 30.6 Å². The fourth-order valence-electron chi connectivity index (χ4n) is 3.01. The van der Waals surface area contributed by atoms with Crippen LogP contribution in [0.2, 0.25) is 5.02 Å². The fourth-order valence-corrected chi connectivity index (χ4v) is 3.21. The number of rotatable bonds is 8. The molecule has 4 N–H and O–H groups in total. The van der Waals surface area contributed by atoms with Crippen LogP contribution in [0, 0.1) is 16.7 Å². The van der Waals surface area contributed by atoms with E-state index in [1.54, 1.807) is 25.3 Å². The molecule has 0 atom stereocenters. The Kier molecular flexibility index (Phi) is 5.44. The molecule has 1 fully saturated rings. The normalized spacial score (nSPS) is 14.1. The molecule has 0 amide bonds. The minimum absolute atomic E-state index is 0.0434. The zero-order valence-corrected chi connectivity index (χ0v) is 17.0. The first-order valence-electron chi connectivity index (χ1n) is 9.31. The minimum atomic E-state index is 0.0434. The predicted molar refractivity (Wildman–Crippen MR) is 112 cm³/mol. The molecule has 0 radical (unpaired) electrons. The molecule has 9 nitrogen and oxygen atoms in total. The van der Waals surface area contributed by atoms with Crippen molar-refractivity contribution >= 4 is 23.2 Å². The predicted octanol–water partition coefficient (Wildman–Crippen LogP) is 3.26. The van der Waals surface area contributed by atoms with E-state index in [0.29, 0.717) is 52.6 Å². The Labute approximate surface area is 178 Å². The summed E-state index contributed by atoms with van der Waals surface area (Å²) in [6.45, 7) is 1.10. The van der Waals surface area contributed by atoms with Crippen LogP contribution in [0.5, 0.6) is 11.5 Å². The topological polar surface area (TPSA) is 135 Å². The zero-order chi connectivity index (χ0) is 21.1. The highest BCUT2D eigenvalue weighted by atomic mass is 35.5. The number of hydrogen-bond acceptors (Lipinski definition) is 8. The lowest BCUT2D eigenvalue weighted by atomic mass is 10.1. The Morgan fingerprint density at radius 2 is 2.03 bits per heavy atom. The van der Waals surface area contributed by atoms with Crippen LogP contribution >= 0.6 is 11.6 Å². The number of aromatic nitrogens is 4. The van der Waals surface area contributed by atoms with Crippen molar-refractivity contribution in [2.24, 2.45) is 11.1 Å². The van der Waals surface area contributed by atoms with Gasteiger partial charge >= 0.3 is 0 Å². The molecule has 154 valence electrons. The summed E-state index contributed by atoms with van der Waals surface area (Å²) in [7, 11) is 1.57. The summed E-state index contributed by atoms with van der Waals surface area (Å²) in [6.07, 6.45) is 4.96. The Balaban J connectivity index is 1.61. The Morgan fingerprint density at radius 1 is 1.23 bits per heavy atom. The number of ether oxygens (including phenoxy) is 2. The van der Waals surface area contributed by atoms with E-state index in [-0.39, 0.29) is 11.1 Å². The number of nitrogens with zero attached hydrogens (tertiary/aromatic N) is 4. The Bertz CT molecular complexity index is 1090. The number of nitriles is 1. The highest BCUT2D eigenvalue weighted by Crippen LogP contribution is 2.47. The summed E-state index contributed by atoms with van der Waals surface area (Å²) in [5, 5.41) is 19.6. The molecule has 0 saturated heterocycles. The second kappa shape index (κ2) is 8.18. The number of nitrogens with one attached hydrogen (secondary N) is 2. The highest BCUT2D eigenvalue weighted by molar-refractivity contribution is 6.31. The van der Waals surface area contributed by atoms with Crippen LogP contribution in [0.1, 0.15) is 18.5 Å². The molecule has 2 heterocycles. The van der Waals surface area contributed by atoms with Gasteiger partial charge in [-0.15, -0.1) is 0 Å². The second-order valence-electron chi connectivity index (χ2n) is 7.16. The minimum Gasteiger partial charge on any atom is -0.496 e. The molecule has 1 aromatic carbocycles. The lowest BCUT2D eigenvalue weighted by Gasteiger charge is -2.18. The maximum atomic E-state index is 8.83. The molecule has 0 aliphatic heterocycles. The van der Waals surface area contributed by atoms with E-state index < -0.39 is 0 Å². The first-order chi connectivity index (χ1) is 14.6. The summed E-state index contributed by atoms with van der Waals surface area (Å²) in [6, 6.07) is 7.21. The zero-order valence-electron chi connectivity index (χ0n) is 16.3. The van der Waals surface area contributed by atoms with E-state index in [9.17, 15) is 0 Å². The lowest BCUT2D eigenvalue weighted by molar-refractivity contribution is 0.239. The molecule has 0 bridgehead atoms. The maximum Gasteiger partial charge on any atom is 0.158 e. The van der Waals surface area contributed by atoms with Crippen molar-refractivity contribution in [3.8, 4) is 28.8 Å². The van der Waals surface area contributed by atoms with Crippen molar-refractivity contribution < 1.29 is 9.47 Å². The van der Waals surface area contributed by atoms with Gasteiger partial charge in [0, 0.05) is 23.0 Å². The monoisotopic (exact) mass is 425 g/mol.